The van der Waals surface area contributed by atoms with Crippen LogP contribution in [-0.2, 0) is 0 Å². The van der Waals surface area contributed by atoms with Crippen LogP contribution in [0.3, 0.4) is 0 Å². The van der Waals surface area contributed by atoms with Gasteiger partial charge < -0.3 is 4.90 Å². The lowest BCUT2D eigenvalue weighted by atomic mass is 9.96. The summed E-state index contributed by atoms with van der Waals surface area (Å²) in [6.07, 6.45) is 0. The van der Waals surface area contributed by atoms with Gasteiger partial charge in [-0.1, -0.05) is 194 Å². The van der Waals surface area contributed by atoms with Gasteiger partial charge in [-0.2, -0.15) is 0 Å². The molecule has 66 heavy (non-hydrogen) atoms. The smallest absolute Gasteiger partial charge is 0.0462 e. The zero-order valence-electron chi connectivity index (χ0n) is 36.2. The molecule has 0 spiro atoms. The van der Waals surface area contributed by atoms with Crippen molar-refractivity contribution in [3.05, 3.63) is 261 Å². The minimum absolute atomic E-state index is 1.10. The minimum atomic E-state index is 1.10. The van der Waals surface area contributed by atoms with Crippen molar-refractivity contribution in [3.8, 4) is 66.8 Å². The van der Waals surface area contributed by atoms with Gasteiger partial charge >= 0.3 is 0 Å². The van der Waals surface area contributed by atoms with E-state index in [0.29, 0.717) is 0 Å². The number of rotatable bonds is 9. The van der Waals surface area contributed by atoms with Crippen LogP contribution in [0.1, 0.15) is 0 Å². The Morgan fingerprint density at radius 2 is 0.576 bits per heavy atom. The molecule has 12 aromatic rings. The molecule has 0 saturated heterocycles. The van der Waals surface area contributed by atoms with E-state index in [9.17, 15) is 0 Å². The molecule has 0 fully saturated rings. The number of thiophene rings is 1. The second kappa shape index (κ2) is 17.0. The number of hydrogen-bond acceptors (Lipinski definition) is 2. The van der Waals surface area contributed by atoms with E-state index in [1.54, 1.807) is 0 Å². The molecule has 0 saturated carbocycles. The van der Waals surface area contributed by atoms with Crippen molar-refractivity contribution in [2.75, 3.05) is 4.90 Å². The molecule has 0 unspecified atom stereocenters. The molecule has 12 rings (SSSR count). The Morgan fingerprint density at radius 3 is 1.15 bits per heavy atom. The second-order valence-electron chi connectivity index (χ2n) is 17.0. The summed E-state index contributed by atoms with van der Waals surface area (Å²) in [5.41, 5.74) is 17.8. The topological polar surface area (TPSA) is 3.24 Å². The zero-order chi connectivity index (χ0) is 43.8. The Bertz CT molecular complexity index is 3660. The van der Waals surface area contributed by atoms with E-state index in [0.717, 1.165) is 17.1 Å². The quantitative estimate of drug-likeness (QED) is 0.140. The number of nitrogens with zero attached hydrogens (tertiary/aromatic N) is 1. The van der Waals surface area contributed by atoms with E-state index in [1.165, 1.54) is 97.7 Å². The predicted octanol–water partition coefficient (Wildman–Crippen LogP) is 18.7. The van der Waals surface area contributed by atoms with Crippen molar-refractivity contribution in [3.63, 3.8) is 0 Å². The summed E-state index contributed by atoms with van der Waals surface area (Å²) in [5, 5.41) is 5.16. The highest BCUT2D eigenvalue weighted by atomic mass is 32.1. The van der Waals surface area contributed by atoms with Crippen molar-refractivity contribution in [1.29, 1.82) is 0 Å². The van der Waals surface area contributed by atoms with Crippen LogP contribution in [0.15, 0.2) is 261 Å². The van der Waals surface area contributed by atoms with Gasteiger partial charge in [0.1, 0.15) is 0 Å². The monoisotopic (exact) mass is 857 g/mol. The lowest BCUT2D eigenvalue weighted by Crippen LogP contribution is -2.09. The van der Waals surface area contributed by atoms with Gasteiger partial charge in [-0.05, 0) is 144 Å². The number of fused-ring (bicyclic) bond motifs is 4. The second-order valence-corrected chi connectivity index (χ2v) is 18.0. The zero-order valence-corrected chi connectivity index (χ0v) is 37.0. The van der Waals surface area contributed by atoms with Crippen LogP contribution in [0.4, 0.5) is 17.1 Å². The fourth-order valence-corrected chi connectivity index (χ4v) is 10.5. The average Bonchev–Trinajstić information content (AvgIpc) is 3.78. The van der Waals surface area contributed by atoms with E-state index in [2.05, 4.69) is 266 Å². The number of hydrogen-bond donors (Lipinski definition) is 0. The van der Waals surface area contributed by atoms with Crippen molar-refractivity contribution in [2.24, 2.45) is 0 Å². The molecule has 1 heterocycles. The van der Waals surface area contributed by atoms with E-state index >= 15 is 0 Å². The summed E-state index contributed by atoms with van der Waals surface area (Å²) >= 11 is 1.86. The fraction of sp³-hybridized carbons (Fsp3) is 0. The molecule has 0 aliphatic carbocycles. The highest BCUT2D eigenvalue weighted by Crippen LogP contribution is 2.40. The maximum Gasteiger partial charge on any atom is 0.0462 e. The van der Waals surface area contributed by atoms with E-state index in [4.69, 9.17) is 0 Å². The third-order valence-corrected chi connectivity index (χ3v) is 14.0. The molecule has 310 valence electrons. The molecule has 0 aliphatic rings. The van der Waals surface area contributed by atoms with Gasteiger partial charge in [0.25, 0.3) is 0 Å². The summed E-state index contributed by atoms with van der Waals surface area (Å²) < 4.78 is 2.64. The highest BCUT2D eigenvalue weighted by Gasteiger charge is 2.15. The Labute approximate surface area is 389 Å². The molecule has 1 aromatic heterocycles. The van der Waals surface area contributed by atoms with Crippen molar-refractivity contribution in [1.82, 2.24) is 0 Å². The Balaban J connectivity index is 0.849. The molecule has 0 N–H and O–H groups in total. The van der Waals surface area contributed by atoms with Gasteiger partial charge in [-0.3, -0.25) is 0 Å². The van der Waals surface area contributed by atoms with E-state index in [1.807, 2.05) is 11.3 Å². The fourth-order valence-electron chi connectivity index (χ4n) is 9.37. The van der Waals surface area contributed by atoms with Gasteiger partial charge in [-0.25, -0.2) is 0 Å². The van der Waals surface area contributed by atoms with Crippen molar-refractivity contribution in [2.45, 2.75) is 0 Å². The van der Waals surface area contributed by atoms with Gasteiger partial charge in [0, 0.05) is 37.2 Å². The largest absolute Gasteiger partial charge is 0.311 e. The van der Waals surface area contributed by atoms with Gasteiger partial charge in [0.15, 0.2) is 0 Å². The van der Waals surface area contributed by atoms with E-state index in [-0.39, 0.29) is 0 Å². The molecule has 0 atom stereocenters. The van der Waals surface area contributed by atoms with Crippen LogP contribution in [0.2, 0.25) is 0 Å². The highest BCUT2D eigenvalue weighted by molar-refractivity contribution is 7.25. The normalized spacial score (nSPS) is 11.3. The molecule has 1 nitrogen and oxygen atoms in total. The molecular weight excluding hydrogens is 815 g/mol. The van der Waals surface area contributed by atoms with Crippen molar-refractivity contribution < 1.29 is 0 Å². The first-order valence-electron chi connectivity index (χ1n) is 22.5. The Kier molecular flexibility index (Phi) is 10.1. The van der Waals surface area contributed by atoms with Crippen LogP contribution < -0.4 is 4.90 Å². The molecule has 0 amide bonds. The predicted molar refractivity (Wildman–Crippen MR) is 284 cm³/mol. The first-order chi connectivity index (χ1) is 32.7. The summed E-state index contributed by atoms with van der Waals surface area (Å²) in [6.45, 7) is 0. The van der Waals surface area contributed by atoms with Crippen LogP contribution >= 0.6 is 11.3 Å². The van der Waals surface area contributed by atoms with Gasteiger partial charge in [-0.15, -0.1) is 11.3 Å². The summed E-state index contributed by atoms with van der Waals surface area (Å²) in [6, 6.07) is 95.1. The minimum Gasteiger partial charge on any atom is -0.311 e. The standard InChI is InChI=1S/C64H43NS/c1-2-10-44(11-3-1)52-14-8-15-53(40-52)49-28-35-59(36-29-49)65(60-37-30-50(31-38-60)57-32-39-62-61-18-6-7-19-63(61)66-64(62)43-57)58-33-26-47(27-34-58)46-20-22-48(23-21-46)54-16-9-17-55(41-54)56-25-24-45-12-4-5-13-51(45)42-56/h1-43H. The maximum atomic E-state index is 2.36. The molecule has 2 heteroatoms. The molecule has 0 aliphatic heterocycles. The van der Waals surface area contributed by atoms with Gasteiger partial charge in [0.05, 0.1) is 0 Å². The molecular formula is C64H43NS. The van der Waals surface area contributed by atoms with Crippen LogP contribution in [0, 0.1) is 0 Å². The Morgan fingerprint density at radius 1 is 0.212 bits per heavy atom. The summed E-state index contributed by atoms with van der Waals surface area (Å²) in [4.78, 5) is 2.36. The molecule has 0 radical (unpaired) electrons. The van der Waals surface area contributed by atoms with E-state index < -0.39 is 0 Å². The van der Waals surface area contributed by atoms with Crippen LogP contribution in [0.25, 0.3) is 97.7 Å². The molecule has 0 bridgehead atoms. The Hall–Kier alpha value is -8.30. The van der Waals surface area contributed by atoms with Crippen LogP contribution in [-0.4, -0.2) is 0 Å². The first-order valence-corrected chi connectivity index (χ1v) is 23.4. The SMILES string of the molecule is c1ccc(-c2cccc(-c3ccc(N(c4ccc(-c5ccc(-c6cccc(-c7ccc8ccccc8c7)c6)cc5)cc4)c4ccc(-c5ccc6c(c5)sc5ccccc56)cc4)cc3)c2)cc1. The maximum absolute atomic E-state index is 2.36. The summed E-state index contributed by atoms with van der Waals surface area (Å²) in [7, 11) is 0. The van der Waals surface area contributed by atoms with Crippen LogP contribution in [0.5, 0.6) is 0 Å². The number of anilines is 3. The lowest BCUT2D eigenvalue weighted by Gasteiger charge is -2.26. The lowest BCUT2D eigenvalue weighted by molar-refractivity contribution is 1.28. The first kappa shape index (κ1) is 39.3. The molecule has 11 aromatic carbocycles. The van der Waals surface area contributed by atoms with Crippen molar-refractivity contribution >= 4 is 59.3 Å². The third-order valence-electron chi connectivity index (χ3n) is 12.9. The average molecular weight is 858 g/mol. The number of benzene rings is 11. The third kappa shape index (κ3) is 7.64. The summed E-state index contributed by atoms with van der Waals surface area (Å²) in [5.74, 6) is 0. The van der Waals surface area contributed by atoms with Gasteiger partial charge in [0.2, 0.25) is 0 Å².